The average Bonchev–Trinajstić information content (AvgIpc) is 2.93. The van der Waals surface area contributed by atoms with Gasteiger partial charge in [0.2, 0.25) is 0 Å². The summed E-state index contributed by atoms with van der Waals surface area (Å²) in [5.41, 5.74) is 9.15. The first kappa shape index (κ1) is 35.1. The molecule has 4 aromatic carbocycles. The highest BCUT2D eigenvalue weighted by atomic mass is 16.3. The van der Waals surface area contributed by atoms with Gasteiger partial charge in [-0.3, -0.25) is 0 Å². The van der Waals surface area contributed by atoms with E-state index in [1.807, 2.05) is 0 Å². The molecule has 3 heteroatoms. The molecule has 3 nitrogen and oxygen atoms in total. The molecular formula is C43H57NO2. The summed E-state index contributed by atoms with van der Waals surface area (Å²) in [6, 6.07) is 28.3. The van der Waals surface area contributed by atoms with E-state index in [1.165, 1.54) is 22.3 Å². The van der Waals surface area contributed by atoms with Crippen LogP contribution >= 0.6 is 0 Å². The number of phenolic OH excluding ortho intramolecular Hbond substituents is 2. The van der Waals surface area contributed by atoms with Crippen molar-refractivity contribution >= 4 is 5.69 Å². The highest BCUT2D eigenvalue weighted by molar-refractivity contribution is 5.55. The summed E-state index contributed by atoms with van der Waals surface area (Å²) in [7, 11) is 0. The fourth-order valence-electron chi connectivity index (χ4n) is 6.19. The minimum Gasteiger partial charge on any atom is -0.507 e. The van der Waals surface area contributed by atoms with Crippen LogP contribution in [0.25, 0.3) is 0 Å². The lowest BCUT2D eigenvalue weighted by Gasteiger charge is -2.32. The van der Waals surface area contributed by atoms with Crippen molar-refractivity contribution in [3.63, 3.8) is 0 Å². The summed E-state index contributed by atoms with van der Waals surface area (Å²) in [4.78, 5) is 2.43. The number of rotatable bonds is 7. The van der Waals surface area contributed by atoms with Crippen molar-refractivity contribution in [2.45, 2.75) is 124 Å². The first-order chi connectivity index (χ1) is 21.1. The Labute approximate surface area is 279 Å². The predicted molar refractivity (Wildman–Crippen MR) is 197 cm³/mol. The molecule has 0 heterocycles. The van der Waals surface area contributed by atoms with Gasteiger partial charge in [0.25, 0.3) is 0 Å². The Kier molecular flexibility index (Phi) is 9.79. The van der Waals surface area contributed by atoms with Gasteiger partial charge in [-0.2, -0.15) is 0 Å². The Balaban J connectivity index is 1.84. The monoisotopic (exact) mass is 619 g/mol. The van der Waals surface area contributed by atoms with Crippen molar-refractivity contribution in [2.24, 2.45) is 0 Å². The molecule has 0 radical (unpaired) electrons. The van der Waals surface area contributed by atoms with Gasteiger partial charge in [-0.05, 0) is 109 Å². The third-order valence-corrected chi connectivity index (χ3v) is 8.87. The minimum atomic E-state index is -0.204. The molecule has 0 fully saturated rings. The SMILES string of the molecule is CC(C)(C)c1cc(CN(Cc2cc(C(C)(C)C)c(O)c(C(C)(C)C)c2)c2ccc(Cc3ccccc3)cc2)cc(C(C)(C)C)c1O. The van der Waals surface area contributed by atoms with Gasteiger partial charge < -0.3 is 15.1 Å². The Morgan fingerprint density at radius 2 is 0.761 bits per heavy atom. The van der Waals surface area contributed by atoms with Crippen LogP contribution in [0.1, 0.15) is 128 Å². The number of hydrogen-bond donors (Lipinski definition) is 2. The molecule has 46 heavy (non-hydrogen) atoms. The molecule has 0 saturated carbocycles. The molecule has 0 unspecified atom stereocenters. The highest BCUT2D eigenvalue weighted by Crippen LogP contribution is 2.42. The van der Waals surface area contributed by atoms with E-state index < -0.39 is 0 Å². The van der Waals surface area contributed by atoms with Crippen LogP contribution in [0.15, 0.2) is 78.9 Å². The summed E-state index contributed by atoms with van der Waals surface area (Å²) in [5, 5.41) is 22.8. The number of anilines is 1. The molecule has 0 aliphatic heterocycles. The number of hydrogen-bond acceptors (Lipinski definition) is 3. The molecule has 0 spiro atoms. The lowest BCUT2D eigenvalue weighted by Crippen LogP contribution is -2.25. The number of nitrogens with zero attached hydrogens (tertiary/aromatic N) is 1. The molecule has 0 amide bonds. The van der Waals surface area contributed by atoms with Gasteiger partial charge >= 0.3 is 0 Å². The molecule has 246 valence electrons. The van der Waals surface area contributed by atoms with E-state index in [9.17, 15) is 10.2 Å². The van der Waals surface area contributed by atoms with E-state index in [-0.39, 0.29) is 21.7 Å². The van der Waals surface area contributed by atoms with Gasteiger partial charge in [0.05, 0.1) is 0 Å². The number of aromatic hydroxyl groups is 2. The Morgan fingerprint density at radius 1 is 0.435 bits per heavy atom. The molecule has 0 bridgehead atoms. The van der Waals surface area contributed by atoms with Crippen molar-refractivity contribution in [1.82, 2.24) is 0 Å². The largest absolute Gasteiger partial charge is 0.507 e. The van der Waals surface area contributed by atoms with Crippen LogP contribution in [0, 0.1) is 0 Å². The third kappa shape index (κ3) is 8.35. The van der Waals surface area contributed by atoms with Crippen LogP contribution in [-0.4, -0.2) is 10.2 Å². The quantitative estimate of drug-likeness (QED) is 0.216. The lowest BCUT2D eigenvalue weighted by atomic mass is 9.78. The highest BCUT2D eigenvalue weighted by Gasteiger charge is 2.29. The number of benzene rings is 4. The van der Waals surface area contributed by atoms with Crippen LogP contribution in [0.4, 0.5) is 5.69 Å². The standard InChI is InChI=1S/C43H57NO2/c1-40(2,3)34-23-31(24-35(38(34)45)41(4,5)6)27-44(33-20-18-30(19-21-33)22-29-16-14-13-15-17-29)28-32-25-36(42(7,8)9)39(46)37(26-32)43(10,11)12/h13-21,23-26,45-46H,22,27-28H2,1-12H3. The summed E-state index contributed by atoms with van der Waals surface area (Å²) in [6.45, 7) is 27.4. The zero-order valence-corrected chi connectivity index (χ0v) is 30.5. The molecule has 2 N–H and O–H groups in total. The topological polar surface area (TPSA) is 43.7 Å². The Morgan fingerprint density at radius 3 is 1.09 bits per heavy atom. The second-order valence-corrected chi connectivity index (χ2v) is 17.3. The van der Waals surface area contributed by atoms with Gasteiger partial charge in [-0.25, -0.2) is 0 Å². The fraction of sp³-hybridized carbons (Fsp3) is 0.442. The first-order valence-corrected chi connectivity index (χ1v) is 16.8. The zero-order chi connectivity index (χ0) is 34.2. The van der Waals surface area contributed by atoms with Gasteiger partial charge in [-0.1, -0.05) is 126 Å². The van der Waals surface area contributed by atoms with Gasteiger partial charge in [0.15, 0.2) is 0 Å². The summed E-state index contributed by atoms with van der Waals surface area (Å²) >= 11 is 0. The fourth-order valence-corrected chi connectivity index (χ4v) is 6.19. The van der Waals surface area contributed by atoms with Crippen LogP contribution in [0.3, 0.4) is 0 Å². The van der Waals surface area contributed by atoms with E-state index >= 15 is 0 Å². The van der Waals surface area contributed by atoms with Crippen molar-refractivity contribution in [2.75, 3.05) is 4.90 Å². The molecule has 0 aliphatic rings. The van der Waals surface area contributed by atoms with E-state index in [0.29, 0.717) is 24.6 Å². The molecule has 0 aliphatic carbocycles. The molecular weight excluding hydrogens is 562 g/mol. The average molecular weight is 620 g/mol. The minimum absolute atomic E-state index is 0.204. The second kappa shape index (κ2) is 12.8. The summed E-state index contributed by atoms with van der Waals surface area (Å²) < 4.78 is 0. The maximum absolute atomic E-state index is 11.4. The third-order valence-electron chi connectivity index (χ3n) is 8.87. The molecule has 0 saturated heterocycles. The van der Waals surface area contributed by atoms with Crippen molar-refractivity contribution in [3.8, 4) is 11.5 Å². The van der Waals surface area contributed by atoms with Crippen molar-refractivity contribution < 1.29 is 10.2 Å². The zero-order valence-electron chi connectivity index (χ0n) is 30.5. The van der Waals surface area contributed by atoms with Crippen molar-refractivity contribution in [1.29, 1.82) is 0 Å². The predicted octanol–water partition coefficient (Wildman–Crippen LogP) is 11.1. The maximum atomic E-state index is 11.4. The van der Waals surface area contributed by atoms with Crippen LogP contribution in [0.5, 0.6) is 11.5 Å². The van der Waals surface area contributed by atoms with Crippen LogP contribution < -0.4 is 4.90 Å². The first-order valence-electron chi connectivity index (χ1n) is 16.8. The number of phenols is 2. The summed E-state index contributed by atoms with van der Waals surface area (Å²) in [5.74, 6) is 0.812. The van der Waals surface area contributed by atoms with E-state index in [0.717, 1.165) is 34.4 Å². The van der Waals surface area contributed by atoms with Gasteiger partial charge in [0, 0.05) is 18.8 Å². The molecule has 4 aromatic rings. The maximum Gasteiger partial charge on any atom is 0.123 e. The van der Waals surface area contributed by atoms with E-state index in [2.05, 4.69) is 167 Å². The van der Waals surface area contributed by atoms with Gasteiger partial charge in [0.1, 0.15) is 11.5 Å². The molecule has 0 aromatic heterocycles. The Hall–Kier alpha value is -3.72. The van der Waals surface area contributed by atoms with Gasteiger partial charge in [-0.15, -0.1) is 0 Å². The lowest BCUT2D eigenvalue weighted by molar-refractivity contribution is 0.422. The van der Waals surface area contributed by atoms with Crippen LogP contribution in [0.2, 0.25) is 0 Å². The normalized spacial score (nSPS) is 12.8. The van der Waals surface area contributed by atoms with Crippen molar-refractivity contribution in [3.05, 3.63) is 123 Å². The van der Waals surface area contributed by atoms with Crippen LogP contribution in [-0.2, 0) is 41.2 Å². The Bertz CT molecular complexity index is 1480. The molecule has 4 rings (SSSR count). The van der Waals surface area contributed by atoms with E-state index in [4.69, 9.17) is 0 Å². The molecule has 0 atom stereocenters. The summed E-state index contributed by atoms with van der Waals surface area (Å²) in [6.07, 6.45) is 0.894. The second-order valence-electron chi connectivity index (χ2n) is 17.3. The van der Waals surface area contributed by atoms with E-state index in [1.54, 1.807) is 0 Å². The smallest absolute Gasteiger partial charge is 0.123 e.